The zero-order valence-corrected chi connectivity index (χ0v) is 34.5. The number of nitrogens with zero attached hydrogens (tertiary/aromatic N) is 5. The molecule has 0 saturated carbocycles. The predicted octanol–water partition coefficient (Wildman–Crippen LogP) is 2.03. The quantitative estimate of drug-likeness (QED) is 0.0789. The molecular weight excluding hydrogens is 900 g/mol. The van der Waals surface area contributed by atoms with Gasteiger partial charge in [0.15, 0.2) is 0 Å². The molecule has 0 aliphatic heterocycles. The number of aromatic carboxylic acids is 1. The van der Waals surface area contributed by atoms with Crippen molar-refractivity contribution in [2.45, 2.75) is 37.9 Å². The smallest absolute Gasteiger partial charge is 0.431 e. The van der Waals surface area contributed by atoms with E-state index in [9.17, 15) is 54.9 Å². The van der Waals surface area contributed by atoms with Crippen molar-refractivity contribution in [1.29, 1.82) is 0 Å². The molecule has 0 atom stereocenters. The summed E-state index contributed by atoms with van der Waals surface area (Å²) in [4.78, 5) is 95.8. The molecule has 23 nitrogen and oxygen atoms in total. The second-order valence-corrected chi connectivity index (χ2v) is 16.1. The van der Waals surface area contributed by atoms with Gasteiger partial charge in [-0.1, -0.05) is 11.6 Å². The minimum Gasteiger partial charge on any atom is -0.480 e. The molecule has 0 aliphatic carbocycles. The van der Waals surface area contributed by atoms with Crippen LogP contribution in [-0.4, -0.2) is 102 Å². The number of rotatable bonds is 12. The number of carboxylic acid groups (broad SMARTS) is 2. The van der Waals surface area contributed by atoms with Crippen molar-refractivity contribution in [2.75, 3.05) is 25.3 Å². The normalized spacial score (nSPS) is 11.3. The maximum absolute atomic E-state index is 12.9. The van der Waals surface area contributed by atoms with Crippen LogP contribution in [0.1, 0.15) is 45.4 Å². The van der Waals surface area contributed by atoms with Gasteiger partial charge in [0.25, 0.3) is 15.6 Å². The molecule has 0 unspecified atom stereocenters. The lowest BCUT2D eigenvalue weighted by Crippen LogP contribution is -2.40. The Morgan fingerprint density at radius 2 is 1.68 bits per heavy atom. The van der Waals surface area contributed by atoms with E-state index in [4.69, 9.17) is 41.1 Å². The van der Waals surface area contributed by atoms with Gasteiger partial charge in [-0.2, -0.15) is 28.1 Å². The summed E-state index contributed by atoms with van der Waals surface area (Å²) >= 11 is 6.66. The lowest BCUT2D eigenvalue weighted by molar-refractivity contribution is -0.144. The van der Waals surface area contributed by atoms with Crippen molar-refractivity contribution in [1.82, 2.24) is 34.1 Å². The summed E-state index contributed by atoms with van der Waals surface area (Å²) in [5.74, 6) is -3.33. The van der Waals surface area contributed by atoms with E-state index in [1.54, 1.807) is 18.6 Å². The molecule has 2 amide bonds. The van der Waals surface area contributed by atoms with Crippen LogP contribution in [0.5, 0.6) is 6.01 Å². The lowest BCUT2D eigenvalue weighted by Gasteiger charge is -2.15. The molecule has 4 aromatic rings. The number of hydrogen-bond acceptors (Lipinski definition) is 16. The van der Waals surface area contributed by atoms with Crippen LogP contribution in [0.2, 0.25) is 5.02 Å². The summed E-state index contributed by atoms with van der Waals surface area (Å²) in [5.41, 5.74) is -4.01. The van der Waals surface area contributed by atoms with E-state index >= 15 is 0 Å². The maximum Gasteiger partial charge on any atom is 0.431 e. The molecule has 1 aromatic carbocycles. The largest absolute Gasteiger partial charge is 0.480 e. The molecule has 0 saturated heterocycles. The highest BCUT2D eigenvalue weighted by Crippen LogP contribution is 2.31. The van der Waals surface area contributed by atoms with Crippen molar-refractivity contribution in [3.05, 3.63) is 83.5 Å². The summed E-state index contributed by atoms with van der Waals surface area (Å²) < 4.78 is 85.3. The first kappa shape index (κ1) is 50.4. The highest BCUT2D eigenvalue weighted by molar-refractivity contribution is 7.90. The minimum atomic E-state index is -4.86. The number of urea groups is 1. The van der Waals surface area contributed by atoms with E-state index in [1.165, 1.54) is 31.5 Å². The molecule has 4 rings (SSSR count). The summed E-state index contributed by atoms with van der Waals surface area (Å²) in [6, 6.07) is 3.77. The number of anilines is 1. The van der Waals surface area contributed by atoms with Gasteiger partial charge in [0, 0.05) is 13.1 Å². The van der Waals surface area contributed by atoms with Gasteiger partial charge >= 0.3 is 49.4 Å². The first-order valence-electron chi connectivity index (χ1n) is 15.9. The number of aliphatic carboxylic acids is 1. The number of hydrogen-bond donors (Lipinski definition) is 7. The van der Waals surface area contributed by atoms with Crippen LogP contribution in [0.25, 0.3) is 5.69 Å². The predicted molar refractivity (Wildman–Crippen MR) is 202 cm³/mol. The molecule has 0 bridgehead atoms. The number of carbonyl (C=O) groups excluding carboxylic acids is 2. The van der Waals surface area contributed by atoms with E-state index in [0.29, 0.717) is 15.2 Å². The van der Waals surface area contributed by atoms with Crippen molar-refractivity contribution < 1.29 is 74.8 Å². The number of carboxylic acids is 2. The van der Waals surface area contributed by atoms with Gasteiger partial charge in [-0.05, 0) is 50.4 Å². The molecule has 60 heavy (non-hydrogen) atoms. The Hall–Kier alpha value is -5.77. The number of alkyl halides is 3. The summed E-state index contributed by atoms with van der Waals surface area (Å²) in [5, 5.41) is 22.4. The van der Waals surface area contributed by atoms with Gasteiger partial charge in [-0.3, -0.25) is 29.4 Å². The van der Waals surface area contributed by atoms with E-state index in [0.717, 1.165) is 30.5 Å². The molecule has 0 spiro atoms. The molecular formula is C30H33ClF3N8O15PS2. The Bertz CT molecular complexity index is 2530. The van der Waals surface area contributed by atoms with Crippen LogP contribution in [0.3, 0.4) is 0 Å². The van der Waals surface area contributed by atoms with E-state index < -0.39 is 93.4 Å². The molecule has 328 valence electrons. The average molecular weight is 933 g/mol. The number of carbonyl (C=O) groups is 4. The zero-order valence-electron chi connectivity index (χ0n) is 31.2. The van der Waals surface area contributed by atoms with Gasteiger partial charge in [0.05, 0.1) is 42.3 Å². The van der Waals surface area contributed by atoms with Crippen molar-refractivity contribution in [3.8, 4) is 11.7 Å². The Morgan fingerprint density at radius 3 is 2.22 bits per heavy atom. The van der Waals surface area contributed by atoms with Crippen LogP contribution in [-0.2, 0) is 37.3 Å². The van der Waals surface area contributed by atoms with Gasteiger partial charge < -0.3 is 29.5 Å². The Kier molecular flexibility index (Phi) is 17.6. The van der Waals surface area contributed by atoms with Crippen LogP contribution >= 0.6 is 30.5 Å². The van der Waals surface area contributed by atoms with Crippen LogP contribution < -0.4 is 31.3 Å². The lowest BCUT2D eigenvalue weighted by atomic mass is 10.2. The fourth-order valence-corrected chi connectivity index (χ4v) is 6.87. The number of aromatic nitrogens is 5. The van der Waals surface area contributed by atoms with Crippen molar-refractivity contribution in [3.63, 3.8) is 0 Å². The molecule has 3 heterocycles. The van der Waals surface area contributed by atoms with Gasteiger partial charge in [0.2, 0.25) is 5.95 Å². The Balaban J connectivity index is 0.000000339. The number of halogens is 4. The van der Waals surface area contributed by atoms with Crippen LogP contribution in [0.4, 0.5) is 23.9 Å². The first-order chi connectivity index (χ1) is 27.6. The third-order valence-electron chi connectivity index (χ3n) is 6.45. The van der Waals surface area contributed by atoms with Crippen LogP contribution in [0.15, 0.2) is 50.2 Å². The molecule has 0 aliphatic rings. The van der Waals surface area contributed by atoms with E-state index in [2.05, 4.69) is 25.6 Å². The number of sulfonamides is 1. The second-order valence-electron chi connectivity index (χ2n) is 11.5. The minimum absolute atomic E-state index is 0.0104. The summed E-state index contributed by atoms with van der Waals surface area (Å²) in [6.07, 6.45) is -5.90. The van der Waals surface area contributed by atoms with Gasteiger partial charge in [0.1, 0.15) is 21.3 Å². The average Bonchev–Trinajstić information content (AvgIpc) is 3.61. The van der Waals surface area contributed by atoms with Crippen molar-refractivity contribution >= 4 is 70.4 Å². The number of amides is 2. The SMILES string of the molecule is CC(C)OC(=O)c1cc(-n2c(=O)cc(C(F)(F)F)n(C)c2=O)ccc1Cl.COc1nc(C)nc(NC(=O)NS(=O)(=O)c2ccsc2C(=O)O)n1.O=C(O)CNCP(=O)(O)O. The third kappa shape index (κ3) is 15.1. The summed E-state index contributed by atoms with van der Waals surface area (Å²) in [6.45, 7) is 4.32. The number of methoxy groups -OCH3 is 1. The highest BCUT2D eigenvalue weighted by atomic mass is 35.5. The third-order valence-corrected chi connectivity index (χ3v) is 9.82. The highest BCUT2D eigenvalue weighted by Gasteiger charge is 2.35. The van der Waals surface area contributed by atoms with Crippen molar-refractivity contribution in [2.24, 2.45) is 7.05 Å². The Labute approximate surface area is 344 Å². The Morgan fingerprint density at radius 1 is 1.05 bits per heavy atom. The molecule has 30 heteroatoms. The second kappa shape index (κ2) is 21.0. The number of ether oxygens (including phenoxy) is 2. The number of thiophene rings is 1. The number of nitrogens with one attached hydrogen (secondary N) is 3. The molecule has 7 N–H and O–H groups in total. The number of benzene rings is 1. The summed E-state index contributed by atoms with van der Waals surface area (Å²) in [7, 11) is -6.26. The first-order valence-corrected chi connectivity index (χ1v) is 20.4. The standard InChI is InChI=1S/C16H14ClF3N2O4.C11H11N5O6S2.C3H8NO5P/c1-8(2)26-14(24)10-6-9(4-5-11(10)17)22-13(23)7-12(16(18,19)20)21(3)15(22)25;1-5-12-9(15-11(13-5)22-2)14-10(19)16-24(20,21)6-3-4-23-7(6)8(17)18;5-3(6)1-4-2-10(7,8)9/h4-8H,1-3H3;3-4H,1-2H3,(H,17,18)(H2,12,13,14,15,16,19);4H,1-2H2,(H,5,6)(H2,7,8,9). The molecule has 0 radical (unpaired) electrons. The van der Waals surface area contributed by atoms with Gasteiger partial charge in [-0.15, -0.1) is 11.3 Å². The molecule has 3 aromatic heterocycles. The molecule has 0 fully saturated rings. The van der Waals surface area contributed by atoms with E-state index in [1.807, 2.05) is 0 Å². The fourth-order valence-electron chi connectivity index (χ4n) is 4.10. The topological polar surface area (TPSA) is 338 Å². The number of esters is 1. The van der Waals surface area contributed by atoms with Gasteiger partial charge in [-0.25, -0.2) is 36.9 Å². The van der Waals surface area contributed by atoms with E-state index in [-0.39, 0.29) is 34.1 Å². The number of aryl methyl sites for hydroxylation is 1. The van der Waals surface area contributed by atoms with Crippen LogP contribution in [0, 0.1) is 6.92 Å². The fraction of sp³-hybridized carbons (Fsp3) is 0.300. The monoisotopic (exact) mass is 932 g/mol. The zero-order chi connectivity index (χ0) is 45.9. The maximum atomic E-state index is 12.9.